The molecule has 0 spiro atoms. The van der Waals surface area contributed by atoms with Crippen molar-refractivity contribution in [1.29, 1.82) is 0 Å². The average Bonchev–Trinajstić information content (AvgIpc) is 3.29. The van der Waals surface area contributed by atoms with Crippen molar-refractivity contribution >= 4 is 28.3 Å². The van der Waals surface area contributed by atoms with Crippen molar-refractivity contribution in [2.75, 3.05) is 18.4 Å². The van der Waals surface area contributed by atoms with Crippen molar-refractivity contribution in [3.05, 3.63) is 75.7 Å². The summed E-state index contributed by atoms with van der Waals surface area (Å²) < 4.78 is 1.55. The van der Waals surface area contributed by atoms with Crippen molar-refractivity contribution < 1.29 is 9.59 Å². The maximum Gasteiger partial charge on any atom is 0.263 e. The molecule has 1 aliphatic heterocycles. The summed E-state index contributed by atoms with van der Waals surface area (Å²) in [5.41, 5.74) is 2.40. The second-order valence-electron chi connectivity index (χ2n) is 7.14. The van der Waals surface area contributed by atoms with Gasteiger partial charge in [-0.3, -0.25) is 14.4 Å². The number of hydrogen-bond donors (Lipinski definition) is 1. The monoisotopic (exact) mass is 423 g/mol. The predicted octanol–water partition coefficient (Wildman–Crippen LogP) is 2.24. The van der Waals surface area contributed by atoms with Crippen LogP contribution in [0.25, 0.3) is 0 Å². The Balaban J connectivity index is 1.40. The van der Waals surface area contributed by atoms with Gasteiger partial charge in [-0.15, -0.1) is 10.2 Å². The molecule has 30 heavy (non-hydrogen) atoms. The lowest BCUT2D eigenvalue weighted by Crippen LogP contribution is -2.43. The van der Waals surface area contributed by atoms with Gasteiger partial charge in [0.25, 0.3) is 11.5 Å². The Morgan fingerprint density at radius 3 is 2.57 bits per heavy atom. The number of pyridine rings is 1. The number of carbonyl (C=O) groups excluding carboxylic acids is 2. The fourth-order valence-corrected chi connectivity index (χ4v) is 4.00. The maximum absolute atomic E-state index is 13.0. The van der Waals surface area contributed by atoms with Gasteiger partial charge in [0.2, 0.25) is 11.0 Å². The van der Waals surface area contributed by atoms with E-state index < -0.39 is 0 Å². The number of piperidine rings is 1. The van der Waals surface area contributed by atoms with E-state index in [0.717, 1.165) is 5.56 Å². The quantitative estimate of drug-likeness (QED) is 0.679. The number of carbonyl (C=O) groups is 2. The van der Waals surface area contributed by atoms with Gasteiger partial charge in [-0.2, -0.15) is 0 Å². The fourth-order valence-electron chi connectivity index (χ4n) is 3.55. The molecule has 4 rings (SSSR count). The van der Waals surface area contributed by atoms with E-state index >= 15 is 0 Å². The minimum absolute atomic E-state index is 0.108. The molecule has 9 heteroatoms. The smallest absolute Gasteiger partial charge is 0.263 e. The van der Waals surface area contributed by atoms with E-state index in [1.54, 1.807) is 33.3 Å². The molecular formula is C21H21N5O3S. The number of anilines is 1. The molecule has 0 aliphatic carbocycles. The van der Waals surface area contributed by atoms with Crippen LogP contribution in [0.2, 0.25) is 0 Å². The Hall–Kier alpha value is -3.33. The van der Waals surface area contributed by atoms with E-state index in [1.165, 1.54) is 11.3 Å². The summed E-state index contributed by atoms with van der Waals surface area (Å²) in [6, 6.07) is 12.9. The van der Waals surface area contributed by atoms with E-state index in [1.807, 2.05) is 30.3 Å². The third-order valence-electron chi connectivity index (χ3n) is 5.19. The zero-order chi connectivity index (χ0) is 20.9. The highest BCUT2D eigenvalue weighted by atomic mass is 32.1. The van der Waals surface area contributed by atoms with Crippen LogP contribution in [0.4, 0.5) is 5.13 Å². The minimum Gasteiger partial charge on any atom is -0.338 e. The molecule has 154 valence electrons. The predicted molar refractivity (Wildman–Crippen MR) is 113 cm³/mol. The Labute approximate surface area is 177 Å². The first-order valence-corrected chi connectivity index (χ1v) is 10.6. The third kappa shape index (κ3) is 4.46. The van der Waals surface area contributed by atoms with Gasteiger partial charge in [-0.1, -0.05) is 41.7 Å². The highest BCUT2D eigenvalue weighted by Gasteiger charge is 2.29. The van der Waals surface area contributed by atoms with Gasteiger partial charge in [0.05, 0.1) is 6.54 Å². The summed E-state index contributed by atoms with van der Waals surface area (Å²) in [7, 11) is 0. The van der Waals surface area contributed by atoms with Gasteiger partial charge in [0.1, 0.15) is 11.1 Å². The van der Waals surface area contributed by atoms with Gasteiger partial charge in [-0.05, 0) is 30.5 Å². The molecule has 2 aromatic heterocycles. The number of aromatic nitrogens is 3. The number of nitrogens with one attached hydrogen (secondary N) is 1. The highest BCUT2D eigenvalue weighted by Crippen LogP contribution is 2.21. The molecule has 0 radical (unpaired) electrons. The van der Waals surface area contributed by atoms with Gasteiger partial charge in [0, 0.05) is 25.2 Å². The van der Waals surface area contributed by atoms with Crippen molar-refractivity contribution in [2.24, 2.45) is 5.92 Å². The lowest BCUT2D eigenvalue weighted by atomic mass is 9.95. The summed E-state index contributed by atoms with van der Waals surface area (Å²) in [5.74, 6) is -0.586. The summed E-state index contributed by atoms with van der Waals surface area (Å²) >= 11 is 1.27. The number of benzene rings is 1. The molecule has 0 saturated carbocycles. The summed E-state index contributed by atoms with van der Waals surface area (Å²) in [5, 5.41) is 10.7. The lowest BCUT2D eigenvalue weighted by molar-refractivity contribution is -0.121. The second-order valence-corrected chi connectivity index (χ2v) is 7.97. The molecule has 1 saturated heterocycles. The summed E-state index contributed by atoms with van der Waals surface area (Å²) in [6.07, 6.45) is 2.78. The first kappa shape index (κ1) is 20.0. The normalized spacial score (nSPS) is 14.5. The van der Waals surface area contributed by atoms with Crippen LogP contribution in [0, 0.1) is 5.92 Å². The molecule has 0 atom stereocenters. The number of amides is 2. The highest BCUT2D eigenvalue weighted by molar-refractivity contribution is 7.13. The minimum atomic E-state index is -0.303. The Morgan fingerprint density at radius 1 is 1.10 bits per heavy atom. The van der Waals surface area contributed by atoms with E-state index in [2.05, 4.69) is 15.5 Å². The molecular weight excluding hydrogens is 402 g/mol. The number of nitrogens with zero attached hydrogens (tertiary/aromatic N) is 4. The lowest BCUT2D eigenvalue weighted by Gasteiger charge is -2.31. The standard InChI is InChI=1S/C21H21N5O3S/c27-18(23-21-24-22-14-30-21)16-8-11-25(12-9-16)19(28)17-7-4-10-26(20(17)29)13-15-5-2-1-3-6-15/h1-7,10,14,16H,8-9,11-13H2,(H,23,24,27). The van der Waals surface area contributed by atoms with Gasteiger partial charge >= 0.3 is 0 Å². The molecule has 3 aromatic rings. The van der Waals surface area contributed by atoms with Crippen LogP contribution in [0.3, 0.4) is 0 Å². The van der Waals surface area contributed by atoms with Crippen molar-refractivity contribution in [2.45, 2.75) is 19.4 Å². The van der Waals surface area contributed by atoms with Crippen molar-refractivity contribution in [1.82, 2.24) is 19.7 Å². The van der Waals surface area contributed by atoms with E-state index in [-0.39, 0.29) is 28.9 Å². The second kappa shape index (κ2) is 9.00. The molecule has 3 heterocycles. The van der Waals surface area contributed by atoms with Crippen molar-refractivity contribution in [3.63, 3.8) is 0 Å². The summed E-state index contributed by atoms with van der Waals surface area (Å²) in [4.78, 5) is 39.8. The Bertz CT molecular complexity index is 1070. The number of likely N-dealkylation sites (tertiary alicyclic amines) is 1. The van der Waals surface area contributed by atoms with Crippen LogP contribution in [0.1, 0.15) is 28.8 Å². The zero-order valence-corrected chi connectivity index (χ0v) is 17.0. The van der Waals surface area contributed by atoms with Crippen LogP contribution in [0.5, 0.6) is 0 Å². The first-order chi connectivity index (χ1) is 14.6. The van der Waals surface area contributed by atoms with Gasteiger partial charge in [-0.25, -0.2) is 0 Å². The topological polar surface area (TPSA) is 97.2 Å². The molecule has 0 bridgehead atoms. The number of rotatable bonds is 5. The maximum atomic E-state index is 13.0. The van der Waals surface area contributed by atoms with E-state index in [4.69, 9.17) is 0 Å². The average molecular weight is 423 g/mol. The third-order valence-corrected chi connectivity index (χ3v) is 5.80. The van der Waals surface area contributed by atoms with Gasteiger partial charge in [0.15, 0.2) is 0 Å². The van der Waals surface area contributed by atoms with Gasteiger partial charge < -0.3 is 14.8 Å². The van der Waals surface area contributed by atoms with E-state index in [9.17, 15) is 14.4 Å². The summed E-state index contributed by atoms with van der Waals surface area (Å²) in [6.45, 7) is 1.27. The van der Waals surface area contributed by atoms with Crippen LogP contribution in [0.15, 0.2) is 59.0 Å². The first-order valence-electron chi connectivity index (χ1n) is 9.71. The zero-order valence-electron chi connectivity index (χ0n) is 16.2. The molecule has 8 nitrogen and oxygen atoms in total. The molecule has 1 fully saturated rings. The van der Waals surface area contributed by atoms with Crippen LogP contribution in [-0.4, -0.2) is 44.6 Å². The molecule has 1 aromatic carbocycles. The fraction of sp³-hybridized carbons (Fsp3) is 0.286. The molecule has 1 aliphatic rings. The van der Waals surface area contributed by atoms with Crippen molar-refractivity contribution in [3.8, 4) is 0 Å². The van der Waals surface area contributed by atoms with Crippen LogP contribution in [-0.2, 0) is 11.3 Å². The van der Waals surface area contributed by atoms with Crippen LogP contribution < -0.4 is 10.9 Å². The largest absolute Gasteiger partial charge is 0.338 e. The Kier molecular flexibility index (Phi) is 5.99. The molecule has 0 unspecified atom stereocenters. The Morgan fingerprint density at radius 2 is 1.87 bits per heavy atom. The molecule has 2 amide bonds. The SMILES string of the molecule is O=C(Nc1nncs1)C1CCN(C(=O)c2cccn(Cc3ccccc3)c2=O)CC1. The molecule has 1 N–H and O–H groups in total. The number of hydrogen-bond acceptors (Lipinski definition) is 6. The van der Waals surface area contributed by atoms with Crippen LogP contribution >= 0.6 is 11.3 Å². The van der Waals surface area contributed by atoms with E-state index in [0.29, 0.717) is 37.6 Å².